The zero-order valence-electron chi connectivity index (χ0n) is 14.9. The van der Waals surface area contributed by atoms with Crippen molar-refractivity contribution in [3.8, 4) is 11.5 Å². The van der Waals surface area contributed by atoms with Crippen molar-refractivity contribution in [3.63, 3.8) is 0 Å². The van der Waals surface area contributed by atoms with Crippen molar-refractivity contribution in [1.29, 1.82) is 0 Å². The molecule has 0 aliphatic rings. The number of benzene rings is 1. The number of nitrogens with zero attached hydrogens (tertiary/aromatic N) is 1. The van der Waals surface area contributed by atoms with Gasteiger partial charge in [0.1, 0.15) is 11.5 Å². The molecule has 0 bridgehead atoms. The quantitative estimate of drug-likeness (QED) is 0.539. The molecule has 0 saturated heterocycles. The number of amides is 1. The Kier molecular flexibility index (Phi) is 7.82. The number of hydrogen-bond acceptors (Lipinski definition) is 5. The number of carbonyl (C=O) groups excluding carboxylic acids is 2. The summed E-state index contributed by atoms with van der Waals surface area (Å²) < 4.78 is 15.2. The highest BCUT2D eigenvalue weighted by Crippen LogP contribution is 2.25. The molecule has 6 nitrogen and oxygen atoms in total. The number of carbonyl (C=O) groups is 2. The third-order valence-electron chi connectivity index (χ3n) is 3.63. The molecule has 1 aromatic rings. The molecule has 0 spiro atoms. The van der Waals surface area contributed by atoms with E-state index in [0.29, 0.717) is 24.6 Å². The highest BCUT2D eigenvalue weighted by molar-refractivity contribution is 5.92. The van der Waals surface area contributed by atoms with Crippen LogP contribution >= 0.6 is 0 Å². The van der Waals surface area contributed by atoms with Gasteiger partial charge < -0.3 is 19.1 Å². The molecule has 24 heavy (non-hydrogen) atoms. The van der Waals surface area contributed by atoms with Crippen molar-refractivity contribution in [2.45, 2.75) is 13.8 Å². The fourth-order valence-electron chi connectivity index (χ4n) is 2.22. The van der Waals surface area contributed by atoms with Gasteiger partial charge in [-0.2, -0.15) is 0 Å². The molecule has 0 saturated carbocycles. The summed E-state index contributed by atoms with van der Waals surface area (Å²) in [6, 6.07) is 5.35. The number of hydrogen-bond donors (Lipinski definition) is 0. The summed E-state index contributed by atoms with van der Waals surface area (Å²) in [5.74, 6) is 0.428. The molecule has 6 heteroatoms. The molecular weight excluding hydrogens is 310 g/mol. The number of likely N-dealkylation sites (N-methyl/N-ethyl adjacent to an activating group) is 1. The Balaban J connectivity index is 2.88. The smallest absolute Gasteiger partial charge is 0.310 e. The van der Waals surface area contributed by atoms with Crippen LogP contribution in [0.3, 0.4) is 0 Å². The highest BCUT2D eigenvalue weighted by atomic mass is 16.5. The molecule has 0 N–H and O–H groups in total. The second kappa shape index (κ2) is 9.60. The van der Waals surface area contributed by atoms with Gasteiger partial charge >= 0.3 is 5.97 Å². The SMILES string of the molecule is CCN(CC(C)C(=O)OC)C(=O)/C=C/c1cc(OC)ccc1OC. The number of esters is 1. The average molecular weight is 335 g/mol. The van der Waals surface area contributed by atoms with Crippen LogP contribution in [0.15, 0.2) is 24.3 Å². The molecule has 1 amide bonds. The Bertz CT molecular complexity index is 597. The van der Waals surface area contributed by atoms with Crippen LogP contribution in [0, 0.1) is 5.92 Å². The van der Waals surface area contributed by atoms with Gasteiger partial charge in [-0.25, -0.2) is 0 Å². The van der Waals surface area contributed by atoms with E-state index >= 15 is 0 Å². The van der Waals surface area contributed by atoms with E-state index in [1.165, 1.54) is 13.2 Å². The van der Waals surface area contributed by atoms with Gasteiger partial charge in [0.15, 0.2) is 0 Å². The molecule has 0 aliphatic carbocycles. The van der Waals surface area contributed by atoms with Gasteiger partial charge in [0, 0.05) is 24.7 Å². The molecule has 1 atom stereocenters. The topological polar surface area (TPSA) is 65.1 Å². The van der Waals surface area contributed by atoms with E-state index in [4.69, 9.17) is 14.2 Å². The van der Waals surface area contributed by atoms with Crippen LogP contribution in [-0.4, -0.2) is 51.2 Å². The minimum absolute atomic E-state index is 0.182. The van der Waals surface area contributed by atoms with Gasteiger partial charge in [-0.1, -0.05) is 6.92 Å². The van der Waals surface area contributed by atoms with Gasteiger partial charge in [-0.3, -0.25) is 9.59 Å². The van der Waals surface area contributed by atoms with Crippen molar-refractivity contribution >= 4 is 18.0 Å². The largest absolute Gasteiger partial charge is 0.497 e. The van der Waals surface area contributed by atoms with E-state index in [1.54, 1.807) is 50.3 Å². The zero-order valence-corrected chi connectivity index (χ0v) is 14.9. The summed E-state index contributed by atoms with van der Waals surface area (Å²) >= 11 is 0. The van der Waals surface area contributed by atoms with E-state index < -0.39 is 0 Å². The third kappa shape index (κ3) is 5.30. The Morgan fingerprint density at radius 1 is 1.21 bits per heavy atom. The molecule has 132 valence electrons. The maximum Gasteiger partial charge on any atom is 0.310 e. The second-order valence-electron chi connectivity index (χ2n) is 5.24. The van der Waals surface area contributed by atoms with Crippen LogP contribution in [-0.2, 0) is 14.3 Å². The summed E-state index contributed by atoms with van der Waals surface area (Å²) in [7, 11) is 4.48. The maximum atomic E-state index is 12.4. The normalized spacial score (nSPS) is 11.9. The highest BCUT2D eigenvalue weighted by Gasteiger charge is 2.19. The third-order valence-corrected chi connectivity index (χ3v) is 3.63. The van der Waals surface area contributed by atoms with E-state index in [2.05, 4.69) is 0 Å². The van der Waals surface area contributed by atoms with Gasteiger partial charge in [-0.05, 0) is 31.2 Å². The van der Waals surface area contributed by atoms with E-state index in [1.807, 2.05) is 6.92 Å². The standard InChI is InChI=1S/C18H25NO5/c1-6-19(12-13(2)18(21)24-5)17(20)10-7-14-11-15(22-3)8-9-16(14)23-4/h7-11,13H,6,12H2,1-5H3/b10-7+. The second-order valence-corrected chi connectivity index (χ2v) is 5.24. The van der Waals surface area contributed by atoms with E-state index in [0.717, 1.165) is 5.56 Å². The Morgan fingerprint density at radius 3 is 2.46 bits per heavy atom. The molecule has 0 aromatic heterocycles. The van der Waals surface area contributed by atoms with Crippen molar-refractivity contribution in [2.24, 2.45) is 5.92 Å². The van der Waals surface area contributed by atoms with Crippen LogP contribution in [0.1, 0.15) is 19.4 Å². The molecule has 1 unspecified atom stereocenters. The van der Waals surface area contributed by atoms with Gasteiger partial charge in [0.05, 0.1) is 27.2 Å². The molecule has 0 radical (unpaired) electrons. The van der Waals surface area contributed by atoms with Crippen molar-refractivity contribution in [3.05, 3.63) is 29.8 Å². The van der Waals surface area contributed by atoms with Crippen LogP contribution in [0.2, 0.25) is 0 Å². The lowest BCUT2D eigenvalue weighted by Crippen LogP contribution is -2.36. The number of rotatable bonds is 8. The van der Waals surface area contributed by atoms with Gasteiger partial charge in [-0.15, -0.1) is 0 Å². The minimum Gasteiger partial charge on any atom is -0.497 e. The van der Waals surface area contributed by atoms with Crippen LogP contribution < -0.4 is 9.47 Å². The number of ether oxygens (including phenoxy) is 3. The van der Waals surface area contributed by atoms with Crippen molar-refractivity contribution < 1.29 is 23.8 Å². The summed E-state index contributed by atoms with van der Waals surface area (Å²) in [6.07, 6.45) is 3.14. The summed E-state index contributed by atoms with van der Waals surface area (Å²) in [4.78, 5) is 25.5. The average Bonchev–Trinajstić information content (AvgIpc) is 2.62. The molecule has 0 fully saturated rings. The first-order chi connectivity index (χ1) is 11.5. The van der Waals surface area contributed by atoms with Crippen molar-refractivity contribution in [2.75, 3.05) is 34.4 Å². The first kappa shape index (κ1) is 19.5. The maximum absolute atomic E-state index is 12.4. The van der Waals surface area contributed by atoms with Crippen LogP contribution in [0.25, 0.3) is 6.08 Å². The molecular formula is C18H25NO5. The Morgan fingerprint density at radius 2 is 1.92 bits per heavy atom. The summed E-state index contributed by atoms with van der Waals surface area (Å²) in [5, 5.41) is 0. The lowest BCUT2D eigenvalue weighted by molar-refractivity contribution is -0.146. The predicted octanol–water partition coefficient (Wildman–Crippen LogP) is 2.37. The van der Waals surface area contributed by atoms with Crippen molar-refractivity contribution in [1.82, 2.24) is 4.90 Å². The Hall–Kier alpha value is -2.50. The predicted molar refractivity (Wildman–Crippen MR) is 92.0 cm³/mol. The molecule has 0 heterocycles. The zero-order chi connectivity index (χ0) is 18.1. The van der Waals surface area contributed by atoms with Gasteiger partial charge in [0.2, 0.25) is 5.91 Å². The lowest BCUT2D eigenvalue weighted by Gasteiger charge is -2.22. The first-order valence-electron chi connectivity index (χ1n) is 7.73. The van der Waals surface area contributed by atoms with Crippen LogP contribution in [0.4, 0.5) is 0 Å². The molecule has 1 rings (SSSR count). The summed E-state index contributed by atoms with van der Waals surface area (Å²) in [5.41, 5.74) is 0.738. The lowest BCUT2D eigenvalue weighted by atomic mass is 10.1. The van der Waals surface area contributed by atoms with Gasteiger partial charge in [0.25, 0.3) is 0 Å². The minimum atomic E-state index is -0.376. The number of methoxy groups -OCH3 is 3. The molecule has 1 aromatic carbocycles. The Labute approximate surface area is 143 Å². The monoisotopic (exact) mass is 335 g/mol. The fraction of sp³-hybridized carbons (Fsp3) is 0.444. The van der Waals surface area contributed by atoms with E-state index in [-0.39, 0.29) is 17.8 Å². The summed E-state index contributed by atoms with van der Waals surface area (Å²) in [6.45, 7) is 4.40. The van der Waals surface area contributed by atoms with Crippen LogP contribution in [0.5, 0.6) is 11.5 Å². The molecule has 0 aliphatic heterocycles. The van der Waals surface area contributed by atoms with E-state index in [9.17, 15) is 9.59 Å². The fourth-order valence-corrected chi connectivity index (χ4v) is 2.22. The first-order valence-corrected chi connectivity index (χ1v) is 7.73.